The van der Waals surface area contributed by atoms with E-state index in [1.807, 2.05) is 24.3 Å². The highest BCUT2D eigenvalue weighted by Gasteiger charge is 2.21. The SMILES string of the molecule is CCC(NC(=O)CN1CCCCC1C)c1ccc(Cl)cc1. The minimum Gasteiger partial charge on any atom is -0.348 e. The third-order valence-electron chi connectivity index (χ3n) is 4.30. The first-order valence-corrected chi connectivity index (χ1v) is 8.26. The topological polar surface area (TPSA) is 32.3 Å². The van der Waals surface area contributed by atoms with Crippen LogP contribution in [0.15, 0.2) is 24.3 Å². The van der Waals surface area contributed by atoms with Gasteiger partial charge in [-0.05, 0) is 50.4 Å². The van der Waals surface area contributed by atoms with E-state index < -0.39 is 0 Å². The van der Waals surface area contributed by atoms with Crippen LogP contribution < -0.4 is 5.32 Å². The zero-order chi connectivity index (χ0) is 15.2. The van der Waals surface area contributed by atoms with Crippen molar-refractivity contribution in [2.75, 3.05) is 13.1 Å². The number of likely N-dealkylation sites (tertiary alicyclic amines) is 1. The molecule has 0 radical (unpaired) electrons. The molecule has 0 aromatic heterocycles. The molecule has 1 aromatic carbocycles. The quantitative estimate of drug-likeness (QED) is 0.897. The van der Waals surface area contributed by atoms with Crippen molar-refractivity contribution in [3.8, 4) is 0 Å². The monoisotopic (exact) mass is 308 g/mol. The Morgan fingerprint density at radius 1 is 1.38 bits per heavy atom. The van der Waals surface area contributed by atoms with Crippen molar-refractivity contribution in [1.82, 2.24) is 10.2 Å². The van der Waals surface area contributed by atoms with Crippen molar-refractivity contribution in [2.45, 2.75) is 51.6 Å². The van der Waals surface area contributed by atoms with Crippen molar-refractivity contribution >= 4 is 17.5 Å². The second-order valence-corrected chi connectivity index (χ2v) is 6.33. The van der Waals surface area contributed by atoms with Gasteiger partial charge in [0.1, 0.15) is 0 Å². The Hall–Kier alpha value is -1.06. The second kappa shape index (κ2) is 7.81. The van der Waals surface area contributed by atoms with Crippen LogP contribution in [-0.2, 0) is 4.79 Å². The molecule has 1 saturated heterocycles. The highest BCUT2D eigenvalue weighted by Crippen LogP contribution is 2.20. The van der Waals surface area contributed by atoms with E-state index in [1.165, 1.54) is 19.3 Å². The predicted molar refractivity (Wildman–Crippen MR) is 87.5 cm³/mol. The van der Waals surface area contributed by atoms with Crippen LogP contribution in [0.4, 0.5) is 0 Å². The van der Waals surface area contributed by atoms with E-state index in [0.717, 1.165) is 23.6 Å². The van der Waals surface area contributed by atoms with Crippen LogP contribution in [0.2, 0.25) is 5.02 Å². The summed E-state index contributed by atoms with van der Waals surface area (Å²) in [4.78, 5) is 14.6. The molecular weight excluding hydrogens is 284 g/mol. The van der Waals surface area contributed by atoms with E-state index in [2.05, 4.69) is 24.1 Å². The number of hydrogen-bond donors (Lipinski definition) is 1. The Morgan fingerprint density at radius 3 is 2.71 bits per heavy atom. The second-order valence-electron chi connectivity index (χ2n) is 5.90. The number of rotatable bonds is 5. The lowest BCUT2D eigenvalue weighted by Gasteiger charge is -2.33. The molecule has 1 aliphatic heterocycles. The molecule has 1 aliphatic rings. The number of nitrogens with one attached hydrogen (secondary N) is 1. The number of halogens is 1. The van der Waals surface area contributed by atoms with Gasteiger partial charge in [0, 0.05) is 11.1 Å². The van der Waals surface area contributed by atoms with E-state index >= 15 is 0 Å². The number of benzene rings is 1. The Labute approximate surface area is 132 Å². The zero-order valence-electron chi connectivity index (χ0n) is 12.9. The summed E-state index contributed by atoms with van der Waals surface area (Å²) in [5, 5.41) is 3.87. The molecule has 1 N–H and O–H groups in total. The molecular formula is C17H25ClN2O. The number of nitrogens with zero attached hydrogens (tertiary/aromatic N) is 1. The van der Waals surface area contributed by atoms with Gasteiger partial charge in [0.05, 0.1) is 12.6 Å². The minimum absolute atomic E-state index is 0.0647. The van der Waals surface area contributed by atoms with Gasteiger partial charge in [0.15, 0.2) is 0 Å². The summed E-state index contributed by atoms with van der Waals surface area (Å²) in [6.45, 7) is 5.84. The minimum atomic E-state index is 0.0647. The normalized spacial score (nSPS) is 21.0. The van der Waals surface area contributed by atoms with E-state index in [1.54, 1.807) is 0 Å². The average molecular weight is 309 g/mol. The number of hydrogen-bond acceptors (Lipinski definition) is 2. The van der Waals surface area contributed by atoms with Crippen LogP contribution in [0.1, 0.15) is 51.1 Å². The molecule has 1 fully saturated rings. The van der Waals surface area contributed by atoms with Gasteiger partial charge in [0.2, 0.25) is 5.91 Å². The molecule has 1 heterocycles. The van der Waals surface area contributed by atoms with Crippen LogP contribution in [0.25, 0.3) is 0 Å². The van der Waals surface area contributed by atoms with Crippen LogP contribution >= 0.6 is 11.6 Å². The molecule has 0 bridgehead atoms. The summed E-state index contributed by atoms with van der Waals surface area (Å²) in [5.41, 5.74) is 1.11. The molecule has 116 valence electrons. The van der Waals surface area contributed by atoms with Gasteiger partial charge in [-0.15, -0.1) is 0 Å². The summed E-state index contributed by atoms with van der Waals surface area (Å²) in [5.74, 6) is 0.116. The van der Waals surface area contributed by atoms with E-state index in [4.69, 9.17) is 11.6 Å². The molecule has 21 heavy (non-hydrogen) atoms. The third kappa shape index (κ3) is 4.72. The lowest BCUT2D eigenvalue weighted by Crippen LogP contribution is -2.44. The van der Waals surface area contributed by atoms with Crippen molar-refractivity contribution in [3.05, 3.63) is 34.9 Å². The lowest BCUT2D eigenvalue weighted by atomic mass is 10.0. The summed E-state index contributed by atoms with van der Waals surface area (Å²) >= 11 is 5.92. The van der Waals surface area contributed by atoms with Crippen LogP contribution in [-0.4, -0.2) is 29.9 Å². The molecule has 4 heteroatoms. The summed E-state index contributed by atoms with van der Waals surface area (Å²) in [7, 11) is 0. The highest BCUT2D eigenvalue weighted by molar-refractivity contribution is 6.30. The molecule has 1 amide bonds. The Balaban J connectivity index is 1.91. The van der Waals surface area contributed by atoms with Crippen molar-refractivity contribution in [2.24, 2.45) is 0 Å². The predicted octanol–water partition coefficient (Wildman–Crippen LogP) is 3.78. The first-order valence-electron chi connectivity index (χ1n) is 7.89. The van der Waals surface area contributed by atoms with Gasteiger partial charge in [0.25, 0.3) is 0 Å². The van der Waals surface area contributed by atoms with Crippen LogP contribution in [0.3, 0.4) is 0 Å². The van der Waals surface area contributed by atoms with E-state index in [9.17, 15) is 4.79 Å². The van der Waals surface area contributed by atoms with Crippen molar-refractivity contribution < 1.29 is 4.79 Å². The maximum atomic E-state index is 12.3. The summed E-state index contributed by atoms with van der Waals surface area (Å²) in [6.07, 6.45) is 4.55. The number of carbonyl (C=O) groups excluding carboxylic acids is 1. The van der Waals surface area contributed by atoms with Crippen LogP contribution in [0.5, 0.6) is 0 Å². The largest absolute Gasteiger partial charge is 0.348 e. The van der Waals surface area contributed by atoms with Crippen LogP contribution in [0, 0.1) is 0 Å². The van der Waals surface area contributed by atoms with Gasteiger partial charge >= 0.3 is 0 Å². The van der Waals surface area contributed by atoms with E-state index in [-0.39, 0.29) is 11.9 Å². The van der Waals surface area contributed by atoms with Gasteiger partial charge in [-0.2, -0.15) is 0 Å². The van der Waals surface area contributed by atoms with Gasteiger partial charge < -0.3 is 5.32 Å². The fourth-order valence-corrected chi connectivity index (χ4v) is 3.06. The highest BCUT2D eigenvalue weighted by atomic mass is 35.5. The van der Waals surface area contributed by atoms with Gasteiger partial charge in [-0.25, -0.2) is 0 Å². The Morgan fingerprint density at radius 2 is 2.10 bits per heavy atom. The first-order chi connectivity index (χ1) is 10.1. The standard InChI is InChI=1S/C17H25ClN2O/c1-3-16(14-7-9-15(18)10-8-14)19-17(21)12-20-11-5-4-6-13(20)2/h7-10,13,16H,3-6,11-12H2,1-2H3,(H,19,21). The number of piperidine rings is 1. The molecule has 2 unspecified atom stereocenters. The lowest BCUT2D eigenvalue weighted by molar-refractivity contribution is -0.123. The maximum absolute atomic E-state index is 12.3. The average Bonchev–Trinajstić information content (AvgIpc) is 2.48. The fourth-order valence-electron chi connectivity index (χ4n) is 2.93. The molecule has 0 spiro atoms. The molecule has 2 atom stereocenters. The summed E-state index contributed by atoms with van der Waals surface area (Å²) < 4.78 is 0. The van der Waals surface area contributed by atoms with E-state index in [0.29, 0.717) is 12.6 Å². The van der Waals surface area contributed by atoms with Crippen molar-refractivity contribution in [1.29, 1.82) is 0 Å². The van der Waals surface area contributed by atoms with Crippen molar-refractivity contribution in [3.63, 3.8) is 0 Å². The summed E-state index contributed by atoms with van der Waals surface area (Å²) in [6, 6.07) is 8.30. The Bertz CT molecular complexity index is 460. The fraction of sp³-hybridized carbons (Fsp3) is 0.588. The first kappa shape index (κ1) is 16.3. The smallest absolute Gasteiger partial charge is 0.234 e. The molecule has 0 saturated carbocycles. The maximum Gasteiger partial charge on any atom is 0.234 e. The number of amides is 1. The zero-order valence-corrected chi connectivity index (χ0v) is 13.7. The van der Waals surface area contributed by atoms with Gasteiger partial charge in [-0.3, -0.25) is 9.69 Å². The molecule has 0 aliphatic carbocycles. The molecule has 1 aromatic rings. The number of carbonyl (C=O) groups is 1. The Kier molecular flexibility index (Phi) is 6.07. The molecule has 2 rings (SSSR count). The molecule has 3 nitrogen and oxygen atoms in total. The third-order valence-corrected chi connectivity index (χ3v) is 4.56. The van der Waals surface area contributed by atoms with Gasteiger partial charge in [-0.1, -0.05) is 37.1 Å².